The molecule has 1 aromatic carbocycles. The van der Waals surface area contributed by atoms with Crippen LogP contribution in [-0.2, 0) is 0 Å². The number of halogens is 2. The fourth-order valence-corrected chi connectivity index (χ4v) is 3.70. The number of benzene rings is 1. The molecule has 0 spiro atoms. The number of nitro benzene ring substituents is 1. The predicted molar refractivity (Wildman–Crippen MR) is 81.9 cm³/mol. The number of hydrogen-bond acceptors (Lipinski definition) is 4. The van der Waals surface area contributed by atoms with Crippen molar-refractivity contribution in [3.05, 3.63) is 31.2 Å². The van der Waals surface area contributed by atoms with Gasteiger partial charge in [-0.3, -0.25) is 10.1 Å². The van der Waals surface area contributed by atoms with Crippen LogP contribution in [0.2, 0.25) is 0 Å². The van der Waals surface area contributed by atoms with Gasteiger partial charge >= 0.3 is 0 Å². The molecule has 1 aliphatic rings. The summed E-state index contributed by atoms with van der Waals surface area (Å²) in [7, 11) is 0. The van der Waals surface area contributed by atoms with Gasteiger partial charge in [0.2, 0.25) is 0 Å². The molecule has 0 heterocycles. The Balaban J connectivity index is 2.25. The Morgan fingerprint density at radius 3 is 2.45 bits per heavy atom. The Hall–Kier alpha value is -0.660. The van der Waals surface area contributed by atoms with Crippen molar-refractivity contribution in [2.75, 3.05) is 0 Å². The number of nitrogens with zero attached hydrogens (tertiary/aromatic N) is 1. The van der Waals surface area contributed by atoms with Crippen molar-refractivity contribution in [3.63, 3.8) is 0 Å². The van der Waals surface area contributed by atoms with Crippen LogP contribution in [0.5, 0.6) is 5.75 Å². The Bertz CT molecular complexity index is 528. The van der Waals surface area contributed by atoms with Gasteiger partial charge in [-0.25, -0.2) is 0 Å². The van der Waals surface area contributed by atoms with Crippen LogP contribution in [-0.4, -0.2) is 22.2 Å². The second-order valence-electron chi connectivity index (χ2n) is 5.21. The van der Waals surface area contributed by atoms with Gasteiger partial charge in [0, 0.05) is 24.0 Å². The van der Waals surface area contributed by atoms with Crippen LogP contribution in [0, 0.1) is 15.5 Å². The van der Waals surface area contributed by atoms with Crippen LogP contribution in [0.15, 0.2) is 21.1 Å². The molecular weight excluding hydrogens is 394 g/mol. The van der Waals surface area contributed by atoms with Gasteiger partial charge in [-0.05, 0) is 38.3 Å². The van der Waals surface area contributed by atoms with Gasteiger partial charge in [0.25, 0.3) is 5.69 Å². The highest BCUT2D eigenvalue weighted by Gasteiger charge is 2.51. The second-order valence-corrected chi connectivity index (χ2v) is 6.92. The first-order valence-corrected chi connectivity index (χ1v) is 7.86. The Kier molecular flexibility index (Phi) is 4.41. The Morgan fingerprint density at radius 2 is 2.05 bits per heavy atom. The first-order chi connectivity index (χ1) is 9.29. The van der Waals surface area contributed by atoms with Crippen LogP contribution in [0.1, 0.15) is 26.7 Å². The van der Waals surface area contributed by atoms with E-state index in [1.165, 1.54) is 12.1 Å². The fraction of sp³-hybridized carbons (Fsp3) is 0.538. The summed E-state index contributed by atoms with van der Waals surface area (Å²) >= 11 is 6.60. The minimum atomic E-state index is -0.456. The summed E-state index contributed by atoms with van der Waals surface area (Å²) in [5.74, 6) is 0.534. The zero-order valence-corrected chi connectivity index (χ0v) is 14.3. The summed E-state index contributed by atoms with van der Waals surface area (Å²) in [4.78, 5) is 10.3. The summed E-state index contributed by atoms with van der Waals surface area (Å²) in [5.41, 5.74) is -0.288. The number of nitro groups is 1. The fourth-order valence-electron chi connectivity index (χ4n) is 2.35. The number of rotatable bonds is 4. The zero-order valence-electron chi connectivity index (χ0n) is 11.1. The van der Waals surface area contributed by atoms with Gasteiger partial charge in [-0.2, -0.15) is 0 Å². The van der Waals surface area contributed by atoms with Crippen LogP contribution < -0.4 is 4.74 Å². The molecule has 0 saturated heterocycles. The maximum Gasteiger partial charge on any atom is 0.271 e. The van der Waals surface area contributed by atoms with E-state index >= 15 is 0 Å². The third-order valence-electron chi connectivity index (χ3n) is 4.15. The third-order valence-corrected chi connectivity index (χ3v) is 5.33. The standard InChI is InChI=1S/C13H15Br2NO4/c1-3-13(2)10(17)6-11(13)20-12-8(14)4-7(16(18)19)5-9(12)15/h4-5,10-11,17H,3,6H2,1-2H3. The molecule has 0 radical (unpaired) electrons. The monoisotopic (exact) mass is 407 g/mol. The minimum absolute atomic E-state index is 0.0111. The van der Waals surface area contributed by atoms with E-state index in [2.05, 4.69) is 31.9 Å². The smallest absolute Gasteiger partial charge is 0.271 e. The van der Waals surface area contributed by atoms with Crippen LogP contribution >= 0.6 is 31.9 Å². The molecule has 0 aliphatic heterocycles. The lowest BCUT2D eigenvalue weighted by Gasteiger charge is -2.50. The number of ether oxygens (including phenoxy) is 1. The quantitative estimate of drug-likeness (QED) is 0.602. The topological polar surface area (TPSA) is 72.6 Å². The van der Waals surface area contributed by atoms with Crippen molar-refractivity contribution < 1.29 is 14.8 Å². The summed E-state index contributed by atoms with van der Waals surface area (Å²) in [6.45, 7) is 4.00. The van der Waals surface area contributed by atoms with Gasteiger partial charge < -0.3 is 9.84 Å². The van der Waals surface area contributed by atoms with Crippen molar-refractivity contribution in [1.29, 1.82) is 0 Å². The van der Waals surface area contributed by atoms with Crippen LogP contribution in [0.4, 0.5) is 5.69 Å². The molecule has 5 nitrogen and oxygen atoms in total. The summed E-state index contributed by atoms with van der Waals surface area (Å²) in [5, 5.41) is 20.7. The molecular formula is C13H15Br2NO4. The predicted octanol–water partition coefficient (Wildman–Crippen LogP) is 4.05. The molecule has 0 bridgehead atoms. The lowest BCUT2D eigenvalue weighted by molar-refractivity contribution is -0.385. The minimum Gasteiger partial charge on any atom is -0.487 e. The molecule has 0 amide bonds. The van der Waals surface area contributed by atoms with Crippen molar-refractivity contribution >= 4 is 37.5 Å². The van der Waals surface area contributed by atoms with Crippen LogP contribution in [0.3, 0.4) is 0 Å². The Labute approximate surface area is 133 Å². The summed E-state index contributed by atoms with van der Waals surface area (Å²) in [6.07, 6.45) is 0.908. The maximum atomic E-state index is 10.8. The van der Waals surface area contributed by atoms with Gasteiger partial charge in [0.05, 0.1) is 20.0 Å². The first-order valence-electron chi connectivity index (χ1n) is 6.27. The zero-order chi connectivity index (χ0) is 15.1. The van der Waals surface area contributed by atoms with E-state index < -0.39 is 4.92 Å². The molecule has 1 fully saturated rings. The maximum absolute atomic E-state index is 10.8. The average Bonchev–Trinajstić information content (AvgIpc) is 2.39. The lowest BCUT2D eigenvalue weighted by atomic mass is 9.63. The average molecular weight is 409 g/mol. The summed E-state index contributed by atoms with van der Waals surface area (Å²) in [6, 6.07) is 2.83. The molecule has 3 unspecified atom stereocenters. The SMILES string of the molecule is CCC1(C)C(O)CC1Oc1c(Br)cc([N+](=O)[O-])cc1Br. The van der Waals surface area contributed by atoms with E-state index in [-0.39, 0.29) is 23.3 Å². The number of hydrogen-bond donors (Lipinski definition) is 1. The molecule has 20 heavy (non-hydrogen) atoms. The second kappa shape index (κ2) is 5.61. The molecule has 1 N–H and O–H groups in total. The largest absolute Gasteiger partial charge is 0.487 e. The number of aliphatic hydroxyl groups is 1. The molecule has 110 valence electrons. The van der Waals surface area contributed by atoms with E-state index in [0.29, 0.717) is 21.1 Å². The highest BCUT2D eigenvalue weighted by atomic mass is 79.9. The molecule has 2 rings (SSSR count). The highest BCUT2D eigenvalue weighted by molar-refractivity contribution is 9.11. The number of aliphatic hydroxyl groups excluding tert-OH is 1. The molecule has 1 aliphatic carbocycles. The molecule has 7 heteroatoms. The van der Waals surface area contributed by atoms with Gasteiger partial charge in [0.1, 0.15) is 11.9 Å². The van der Waals surface area contributed by atoms with Crippen molar-refractivity contribution in [2.24, 2.45) is 5.41 Å². The van der Waals surface area contributed by atoms with Gasteiger partial charge in [0.15, 0.2) is 0 Å². The van der Waals surface area contributed by atoms with E-state index in [4.69, 9.17) is 4.74 Å². The highest BCUT2D eigenvalue weighted by Crippen LogP contribution is 2.48. The molecule has 1 saturated carbocycles. The van der Waals surface area contributed by atoms with E-state index in [1.54, 1.807) is 0 Å². The molecule has 1 aromatic rings. The Morgan fingerprint density at radius 1 is 1.50 bits per heavy atom. The van der Waals surface area contributed by atoms with Crippen LogP contribution in [0.25, 0.3) is 0 Å². The van der Waals surface area contributed by atoms with Crippen molar-refractivity contribution in [1.82, 2.24) is 0 Å². The normalized spacial score (nSPS) is 28.9. The van der Waals surface area contributed by atoms with Gasteiger partial charge in [-0.15, -0.1) is 0 Å². The third kappa shape index (κ3) is 2.58. The lowest BCUT2D eigenvalue weighted by Crippen LogP contribution is -2.57. The summed E-state index contributed by atoms with van der Waals surface area (Å²) < 4.78 is 7.00. The number of non-ortho nitro benzene ring substituents is 1. The van der Waals surface area contributed by atoms with E-state index in [1.807, 2.05) is 13.8 Å². The van der Waals surface area contributed by atoms with Crippen molar-refractivity contribution in [2.45, 2.75) is 38.9 Å². The molecule has 3 atom stereocenters. The first kappa shape index (κ1) is 15.7. The van der Waals surface area contributed by atoms with E-state index in [9.17, 15) is 15.2 Å². The van der Waals surface area contributed by atoms with Gasteiger partial charge in [-0.1, -0.05) is 13.8 Å². The van der Waals surface area contributed by atoms with Crippen molar-refractivity contribution in [3.8, 4) is 5.75 Å². The molecule has 0 aromatic heterocycles. The van der Waals surface area contributed by atoms with E-state index in [0.717, 1.165) is 6.42 Å².